The second-order valence-electron chi connectivity index (χ2n) is 1.78. The van der Waals surface area contributed by atoms with Crippen molar-refractivity contribution in [1.29, 1.82) is 0 Å². The quantitative estimate of drug-likeness (QED) is 0.421. The molecule has 0 unspecified atom stereocenters. The van der Waals surface area contributed by atoms with Crippen molar-refractivity contribution in [3.8, 4) is 0 Å². The minimum atomic E-state index is -0.949. The predicted octanol–water partition coefficient (Wildman–Crippen LogP) is -0.237. The molecule has 4 heteroatoms. The number of nitrogens with one attached hydrogen (secondary N) is 1. The molecule has 0 bridgehead atoms. The fourth-order valence-corrected chi connectivity index (χ4v) is 0.333. The van der Waals surface area contributed by atoms with E-state index >= 15 is 0 Å². The van der Waals surface area contributed by atoms with Crippen molar-refractivity contribution in [2.75, 3.05) is 6.54 Å². The zero-order valence-corrected chi connectivity index (χ0v) is 5.63. The molecule has 0 aliphatic heterocycles. The highest BCUT2D eigenvalue weighted by atomic mass is 16.4. The summed E-state index contributed by atoms with van der Waals surface area (Å²) in [5.41, 5.74) is 0.473. The van der Waals surface area contributed by atoms with E-state index < -0.39 is 5.97 Å². The molecule has 10 heavy (non-hydrogen) atoms. The zero-order chi connectivity index (χ0) is 7.98. The van der Waals surface area contributed by atoms with Gasteiger partial charge in [-0.05, 0) is 6.92 Å². The molecular weight excluding hydrogens is 134 g/mol. The van der Waals surface area contributed by atoms with Crippen molar-refractivity contribution in [3.63, 3.8) is 0 Å². The van der Waals surface area contributed by atoms with Crippen molar-refractivity contribution in [1.82, 2.24) is 5.32 Å². The van der Waals surface area contributed by atoms with Crippen LogP contribution in [0.5, 0.6) is 0 Å². The Bertz CT molecular complexity index is 162. The van der Waals surface area contributed by atoms with Crippen molar-refractivity contribution < 1.29 is 14.7 Å². The minimum Gasteiger partial charge on any atom is -0.480 e. The molecule has 0 heterocycles. The number of carboxylic acids is 1. The molecule has 0 rings (SSSR count). The normalized spacial score (nSPS) is 10.7. The molecule has 0 aliphatic rings. The number of carbonyl (C=O) groups excluding carboxylic acids is 1. The van der Waals surface area contributed by atoms with E-state index in [0.29, 0.717) is 11.9 Å². The van der Waals surface area contributed by atoms with E-state index in [-0.39, 0.29) is 6.54 Å². The summed E-state index contributed by atoms with van der Waals surface area (Å²) in [4.78, 5) is 19.8. The highest BCUT2D eigenvalue weighted by Crippen LogP contribution is 1.80. The van der Waals surface area contributed by atoms with Gasteiger partial charge in [-0.15, -0.1) is 0 Å². The molecule has 2 N–H and O–H groups in total. The lowest BCUT2D eigenvalue weighted by Crippen LogP contribution is -2.17. The number of carbonyl (C=O) groups is 2. The molecule has 0 saturated carbocycles. The van der Waals surface area contributed by atoms with Crippen LogP contribution in [0.2, 0.25) is 0 Å². The molecule has 0 aromatic carbocycles. The predicted molar refractivity (Wildman–Crippen MR) is 35.5 cm³/mol. The summed E-state index contributed by atoms with van der Waals surface area (Å²) in [6, 6.07) is 0. The van der Waals surface area contributed by atoms with E-state index in [9.17, 15) is 9.59 Å². The van der Waals surface area contributed by atoms with Crippen LogP contribution in [0.1, 0.15) is 6.92 Å². The summed E-state index contributed by atoms with van der Waals surface area (Å²) in [6.45, 7) is 1.42. The molecule has 0 aromatic rings. The topological polar surface area (TPSA) is 66.4 Å². The molecule has 4 nitrogen and oxygen atoms in total. The largest absolute Gasteiger partial charge is 0.480 e. The second-order valence-corrected chi connectivity index (χ2v) is 1.78. The van der Waals surface area contributed by atoms with Crippen molar-refractivity contribution in [2.24, 2.45) is 0 Å². The lowest BCUT2D eigenvalue weighted by atomic mass is 10.4. The Kier molecular flexibility index (Phi) is 3.95. The van der Waals surface area contributed by atoms with E-state index in [1.165, 1.54) is 6.20 Å². The van der Waals surface area contributed by atoms with Crippen LogP contribution in [0.25, 0.3) is 0 Å². The van der Waals surface area contributed by atoms with Crippen LogP contribution in [0.4, 0.5) is 0 Å². The van der Waals surface area contributed by atoms with Gasteiger partial charge in [-0.2, -0.15) is 0 Å². The molecule has 0 amide bonds. The maximum Gasteiger partial charge on any atom is 0.322 e. The lowest BCUT2D eigenvalue weighted by Gasteiger charge is -1.93. The first-order valence-electron chi connectivity index (χ1n) is 2.74. The van der Waals surface area contributed by atoms with Gasteiger partial charge in [0.05, 0.1) is 0 Å². The summed E-state index contributed by atoms with van der Waals surface area (Å²) in [5.74, 6) is -0.949. The van der Waals surface area contributed by atoms with Gasteiger partial charge in [0.1, 0.15) is 12.8 Å². The Morgan fingerprint density at radius 3 is 2.70 bits per heavy atom. The highest BCUT2D eigenvalue weighted by Gasteiger charge is 1.90. The first-order chi connectivity index (χ1) is 4.66. The Balaban J connectivity index is 3.52. The smallest absolute Gasteiger partial charge is 0.322 e. The third kappa shape index (κ3) is 4.83. The molecule has 56 valence electrons. The van der Waals surface area contributed by atoms with E-state index in [1.807, 2.05) is 0 Å². The van der Waals surface area contributed by atoms with E-state index in [2.05, 4.69) is 5.32 Å². The Hall–Kier alpha value is -1.32. The van der Waals surface area contributed by atoms with Gasteiger partial charge in [0, 0.05) is 11.8 Å². The molecule has 0 atom stereocenters. The fourth-order valence-electron chi connectivity index (χ4n) is 0.333. The van der Waals surface area contributed by atoms with Crippen LogP contribution in [0.3, 0.4) is 0 Å². The summed E-state index contributed by atoms with van der Waals surface area (Å²) >= 11 is 0. The van der Waals surface area contributed by atoms with Gasteiger partial charge in [0.2, 0.25) is 0 Å². The Labute approximate surface area is 58.5 Å². The molecule has 0 fully saturated rings. The maximum atomic E-state index is 9.92. The van der Waals surface area contributed by atoms with Gasteiger partial charge in [-0.3, -0.25) is 9.59 Å². The van der Waals surface area contributed by atoms with Gasteiger partial charge in [-0.25, -0.2) is 0 Å². The SMILES string of the molecule is C/C(C=O)=C\NCC(=O)O. The zero-order valence-electron chi connectivity index (χ0n) is 5.63. The number of aldehydes is 1. The summed E-state index contributed by atoms with van der Waals surface area (Å²) in [5, 5.41) is 10.6. The number of allylic oxidation sites excluding steroid dienone is 1. The number of aliphatic carboxylic acids is 1. The highest BCUT2D eigenvalue weighted by molar-refractivity contribution is 5.72. The average molecular weight is 143 g/mol. The van der Waals surface area contributed by atoms with E-state index in [4.69, 9.17) is 5.11 Å². The van der Waals surface area contributed by atoms with Gasteiger partial charge in [0.15, 0.2) is 0 Å². The first-order valence-corrected chi connectivity index (χ1v) is 2.74. The van der Waals surface area contributed by atoms with Gasteiger partial charge >= 0.3 is 5.97 Å². The van der Waals surface area contributed by atoms with Crippen LogP contribution in [-0.4, -0.2) is 23.9 Å². The minimum absolute atomic E-state index is 0.162. The summed E-state index contributed by atoms with van der Waals surface area (Å²) in [6.07, 6.45) is 2.01. The Morgan fingerprint density at radius 1 is 1.70 bits per heavy atom. The average Bonchev–Trinajstić information content (AvgIpc) is 1.87. The third-order valence-electron chi connectivity index (χ3n) is 0.769. The van der Waals surface area contributed by atoms with E-state index in [1.54, 1.807) is 6.92 Å². The van der Waals surface area contributed by atoms with Crippen molar-refractivity contribution in [3.05, 3.63) is 11.8 Å². The monoisotopic (exact) mass is 143 g/mol. The number of carboxylic acid groups (broad SMARTS) is 1. The van der Waals surface area contributed by atoms with Crippen LogP contribution in [0, 0.1) is 0 Å². The van der Waals surface area contributed by atoms with E-state index in [0.717, 1.165) is 0 Å². The van der Waals surface area contributed by atoms with Crippen LogP contribution < -0.4 is 5.32 Å². The summed E-state index contributed by atoms with van der Waals surface area (Å²) in [7, 11) is 0. The second kappa shape index (κ2) is 4.55. The molecule has 0 saturated heterocycles. The lowest BCUT2D eigenvalue weighted by molar-refractivity contribution is -0.135. The first kappa shape index (κ1) is 8.68. The maximum absolute atomic E-state index is 9.92. The van der Waals surface area contributed by atoms with Gasteiger partial charge < -0.3 is 10.4 Å². The van der Waals surface area contributed by atoms with Crippen LogP contribution >= 0.6 is 0 Å². The van der Waals surface area contributed by atoms with Gasteiger partial charge in [0.25, 0.3) is 0 Å². The molecule has 0 radical (unpaired) electrons. The van der Waals surface area contributed by atoms with Crippen molar-refractivity contribution >= 4 is 12.3 Å². The number of hydrogen-bond acceptors (Lipinski definition) is 3. The van der Waals surface area contributed by atoms with Crippen LogP contribution in [-0.2, 0) is 9.59 Å². The summed E-state index contributed by atoms with van der Waals surface area (Å²) < 4.78 is 0. The fraction of sp³-hybridized carbons (Fsp3) is 0.333. The molecule has 0 aromatic heterocycles. The number of hydrogen-bond donors (Lipinski definition) is 2. The van der Waals surface area contributed by atoms with Gasteiger partial charge in [-0.1, -0.05) is 0 Å². The standard InChI is InChI=1S/C6H9NO3/c1-5(4-8)2-7-3-6(9)10/h2,4,7H,3H2,1H3,(H,9,10)/b5-2+. The molecule has 0 aliphatic carbocycles. The van der Waals surface area contributed by atoms with Crippen molar-refractivity contribution in [2.45, 2.75) is 6.92 Å². The van der Waals surface area contributed by atoms with Crippen LogP contribution in [0.15, 0.2) is 11.8 Å². The number of rotatable bonds is 4. The Morgan fingerprint density at radius 2 is 2.30 bits per heavy atom. The third-order valence-corrected chi connectivity index (χ3v) is 0.769. The molecular formula is C6H9NO3. The molecule has 0 spiro atoms.